The van der Waals surface area contributed by atoms with E-state index in [4.69, 9.17) is 0 Å². The predicted octanol–water partition coefficient (Wildman–Crippen LogP) is 16.2. The van der Waals surface area contributed by atoms with E-state index < -0.39 is 0 Å². The number of aromatic nitrogens is 1. The summed E-state index contributed by atoms with van der Waals surface area (Å²) in [6, 6.07) is 58.3. The fourth-order valence-electron chi connectivity index (χ4n) is 7.17. The third-order valence-corrected chi connectivity index (χ3v) is 9.99. The first kappa shape index (κ1) is 41.7. The molecule has 0 unspecified atom stereocenters. The average Bonchev–Trinajstić information content (AvgIpc) is 3.58. The third kappa shape index (κ3) is 10.3. The SMILES string of the molecule is C=C/C=C(\C=C/C)c1cccc(C)c1.CC.Cc1ccc(C)c(-c2ccccc2C)c1.Cc1ccccc1-c1ccc(-n2c3ccccc3c3ccccc32)cc1. The zero-order valence-corrected chi connectivity index (χ0v) is 35.1. The molecule has 0 atom stereocenters. The van der Waals surface area contributed by atoms with Gasteiger partial charge in [0.25, 0.3) is 0 Å². The Morgan fingerprint density at radius 2 is 1.02 bits per heavy atom. The molecule has 1 nitrogen and oxygen atoms in total. The summed E-state index contributed by atoms with van der Waals surface area (Å²) in [5.74, 6) is 0. The van der Waals surface area contributed by atoms with E-state index in [1.54, 1.807) is 0 Å². The monoisotopic (exact) mass is 743 g/mol. The lowest BCUT2D eigenvalue weighted by molar-refractivity contribution is 1.18. The van der Waals surface area contributed by atoms with Crippen LogP contribution in [-0.2, 0) is 0 Å². The van der Waals surface area contributed by atoms with Crippen molar-refractivity contribution in [2.24, 2.45) is 0 Å². The summed E-state index contributed by atoms with van der Waals surface area (Å²) in [5.41, 5.74) is 18.0. The fourth-order valence-corrected chi connectivity index (χ4v) is 7.17. The fraction of sp³-hybridized carbons (Fsp3) is 0.143. The summed E-state index contributed by atoms with van der Waals surface area (Å²) in [5, 5.41) is 2.59. The molecular weight excluding hydrogens is 687 g/mol. The standard InChI is InChI=1S/C25H19N.C15H16.C14H16.C2H6/c1-18-8-2-3-9-21(18)19-14-16-20(17-15-19)26-24-12-6-4-10-22(24)23-11-5-7-13-25(23)26;1-11-8-9-13(3)15(10-11)14-7-5-4-6-12(14)2;1-4-7-13(8-5-2)14-10-6-9-12(3)11-14;1-2/h2-17H,1H3;4-10H,1-3H3;4-11H,1H2,2-3H3;1-2H3/b;;8-5-,13-7+;. The smallest absolute Gasteiger partial charge is 0.0541 e. The Hall–Kier alpha value is -6.44. The van der Waals surface area contributed by atoms with Crippen LogP contribution >= 0.6 is 0 Å². The van der Waals surface area contributed by atoms with Gasteiger partial charge >= 0.3 is 0 Å². The largest absolute Gasteiger partial charge is 0.309 e. The van der Waals surface area contributed by atoms with Crippen molar-refractivity contribution < 1.29 is 0 Å². The molecule has 0 aliphatic rings. The second-order valence-electron chi connectivity index (χ2n) is 14.1. The lowest BCUT2D eigenvalue weighted by Crippen LogP contribution is -1.93. The molecule has 0 saturated heterocycles. The minimum Gasteiger partial charge on any atom is -0.309 e. The van der Waals surface area contributed by atoms with Crippen LogP contribution in [0.15, 0.2) is 195 Å². The maximum Gasteiger partial charge on any atom is 0.0541 e. The highest BCUT2D eigenvalue weighted by molar-refractivity contribution is 6.09. The van der Waals surface area contributed by atoms with E-state index in [1.165, 1.54) is 88.7 Å². The van der Waals surface area contributed by atoms with Crippen molar-refractivity contribution in [3.05, 3.63) is 228 Å². The van der Waals surface area contributed by atoms with Gasteiger partial charge in [-0.2, -0.15) is 0 Å². The molecule has 1 heteroatoms. The molecule has 0 radical (unpaired) electrons. The van der Waals surface area contributed by atoms with Gasteiger partial charge in [0, 0.05) is 16.5 Å². The first-order valence-corrected chi connectivity index (χ1v) is 20.1. The summed E-state index contributed by atoms with van der Waals surface area (Å²) in [7, 11) is 0. The maximum absolute atomic E-state index is 3.72. The van der Waals surface area contributed by atoms with Crippen molar-refractivity contribution in [3.8, 4) is 27.9 Å². The molecular formula is C56H57N. The van der Waals surface area contributed by atoms with Gasteiger partial charge in [-0.25, -0.2) is 0 Å². The molecule has 0 N–H and O–H groups in total. The molecule has 7 aromatic carbocycles. The van der Waals surface area contributed by atoms with Gasteiger partial charge in [0.15, 0.2) is 0 Å². The van der Waals surface area contributed by atoms with Crippen molar-refractivity contribution in [2.45, 2.75) is 55.4 Å². The Morgan fingerprint density at radius 3 is 1.58 bits per heavy atom. The molecule has 0 spiro atoms. The van der Waals surface area contributed by atoms with Crippen LogP contribution in [0.5, 0.6) is 0 Å². The van der Waals surface area contributed by atoms with E-state index in [1.807, 2.05) is 39.0 Å². The van der Waals surface area contributed by atoms with Crippen molar-refractivity contribution >= 4 is 27.4 Å². The van der Waals surface area contributed by atoms with Gasteiger partial charge in [-0.3, -0.25) is 0 Å². The molecule has 1 heterocycles. The number of rotatable bonds is 6. The van der Waals surface area contributed by atoms with Crippen molar-refractivity contribution in [2.75, 3.05) is 0 Å². The first-order chi connectivity index (χ1) is 27.8. The van der Waals surface area contributed by atoms with Crippen LogP contribution in [0.2, 0.25) is 0 Å². The highest BCUT2D eigenvalue weighted by Crippen LogP contribution is 2.33. The molecule has 0 aliphatic carbocycles. The van der Waals surface area contributed by atoms with E-state index in [2.05, 4.69) is 216 Å². The molecule has 8 aromatic rings. The van der Waals surface area contributed by atoms with Crippen LogP contribution in [0.25, 0.3) is 55.3 Å². The van der Waals surface area contributed by atoms with Gasteiger partial charge in [-0.1, -0.05) is 195 Å². The number of benzene rings is 7. The van der Waals surface area contributed by atoms with Crippen LogP contribution in [0.4, 0.5) is 0 Å². The molecule has 286 valence electrons. The Balaban J connectivity index is 0.000000172. The van der Waals surface area contributed by atoms with Crippen LogP contribution in [0.3, 0.4) is 0 Å². The van der Waals surface area contributed by atoms with E-state index in [9.17, 15) is 0 Å². The second kappa shape index (κ2) is 20.5. The van der Waals surface area contributed by atoms with Crippen molar-refractivity contribution in [3.63, 3.8) is 0 Å². The zero-order chi connectivity index (χ0) is 40.7. The first-order valence-electron chi connectivity index (χ1n) is 20.1. The number of para-hydroxylation sites is 2. The minimum atomic E-state index is 1.19. The number of fused-ring (bicyclic) bond motifs is 3. The lowest BCUT2D eigenvalue weighted by Gasteiger charge is -2.10. The summed E-state index contributed by atoms with van der Waals surface area (Å²) in [4.78, 5) is 0. The van der Waals surface area contributed by atoms with Gasteiger partial charge in [0.2, 0.25) is 0 Å². The molecule has 0 bridgehead atoms. The Morgan fingerprint density at radius 1 is 0.491 bits per heavy atom. The van der Waals surface area contributed by atoms with Gasteiger partial charge in [-0.05, 0) is 116 Å². The minimum absolute atomic E-state index is 1.19. The number of allylic oxidation sites excluding steroid dienone is 5. The Bertz CT molecular complexity index is 2560. The van der Waals surface area contributed by atoms with Gasteiger partial charge in [-0.15, -0.1) is 0 Å². The zero-order valence-electron chi connectivity index (χ0n) is 35.1. The summed E-state index contributed by atoms with van der Waals surface area (Å²) < 4.78 is 2.35. The number of hydrogen-bond donors (Lipinski definition) is 0. The van der Waals surface area contributed by atoms with Gasteiger partial charge in [0.05, 0.1) is 11.0 Å². The molecule has 8 rings (SSSR count). The van der Waals surface area contributed by atoms with E-state index >= 15 is 0 Å². The van der Waals surface area contributed by atoms with E-state index in [0.29, 0.717) is 0 Å². The van der Waals surface area contributed by atoms with E-state index in [-0.39, 0.29) is 0 Å². The number of aryl methyl sites for hydroxylation is 5. The van der Waals surface area contributed by atoms with Crippen LogP contribution < -0.4 is 0 Å². The van der Waals surface area contributed by atoms with Gasteiger partial charge < -0.3 is 4.57 Å². The molecule has 0 fully saturated rings. The quantitative estimate of drug-likeness (QED) is 0.149. The summed E-state index contributed by atoms with van der Waals surface area (Å²) in [6.07, 6.45) is 7.97. The summed E-state index contributed by atoms with van der Waals surface area (Å²) >= 11 is 0. The molecule has 0 amide bonds. The second-order valence-corrected chi connectivity index (χ2v) is 14.1. The predicted molar refractivity (Wildman–Crippen MR) is 253 cm³/mol. The lowest BCUT2D eigenvalue weighted by atomic mass is 9.95. The van der Waals surface area contributed by atoms with Crippen LogP contribution in [0, 0.1) is 34.6 Å². The number of nitrogens with zero attached hydrogens (tertiary/aromatic N) is 1. The van der Waals surface area contributed by atoms with Crippen molar-refractivity contribution in [1.29, 1.82) is 0 Å². The van der Waals surface area contributed by atoms with E-state index in [0.717, 1.165) is 0 Å². The molecule has 0 saturated carbocycles. The van der Waals surface area contributed by atoms with Crippen LogP contribution in [0.1, 0.15) is 54.2 Å². The topological polar surface area (TPSA) is 4.93 Å². The molecule has 1 aromatic heterocycles. The maximum atomic E-state index is 3.72. The molecule has 0 aliphatic heterocycles. The Kier molecular flexibility index (Phi) is 15.0. The van der Waals surface area contributed by atoms with Crippen LogP contribution in [-0.4, -0.2) is 4.57 Å². The average molecular weight is 744 g/mol. The third-order valence-electron chi connectivity index (χ3n) is 9.99. The molecule has 57 heavy (non-hydrogen) atoms. The summed E-state index contributed by atoms with van der Waals surface area (Å²) in [6.45, 7) is 20.5. The highest BCUT2D eigenvalue weighted by atomic mass is 15.0. The van der Waals surface area contributed by atoms with Gasteiger partial charge in [0.1, 0.15) is 0 Å². The number of hydrogen-bond acceptors (Lipinski definition) is 0. The normalized spacial score (nSPS) is 10.9. The van der Waals surface area contributed by atoms with Crippen molar-refractivity contribution in [1.82, 2.24) is 4.57 Å². The highest BCUT2D eigenvalue weighted by Gasteiger charge is 2.11. The Labute approximate surface area is 342 Å².